The van der Waals surface area contributed by atoms with Crippen LogP contribution in [0.4, 0.5) is 4.39 Å². The van der Waals surface area contributed by atoms with Crippen LogP contribution < -0.4 is 10.1 Å². The molecule has 0 aliphatic carbocycles. The third-order valence-electron chi connectivity index (χ3n) is 3.50. The minimum absolute atomic E-state index is 0.199. The first-order valence-electron chi connectivity index (χ1n) is 6.66. The Labute approximate surface area is 116 Å². The highest BCUT2D eigenvalue weighted by atomic mass is 19.1. The van der Waals surface area contributed by atoms with Crippen molar-refractivity contribution in [3.63, 3.8) is 0 Å². The van der Waals surface area contributed by atoms with Crippen LogP contribution in [0.15, 0.2) is 22.7 Å². The molecule has 5 nitrogen and oxygen atoms in total. The maximum atomic E-state index is 13.7. The van der Waals surface area contributed by atoms with Crippen molar-refractivity contribution in [1.82, 2.24) is 15.5 Å². The van der Waals surface area contributed by atoms with Crippen LogP contribution in [0.25, 0.3) is 11.5 Å². The van der Waals surface area contributed by atoms with Crippen LogP contribution in [-0.4, -0.2) is 30.3 Å². The summed E-state index contributed by atoms with van der Waals surface area (Å²) >= 11 is 0. The Hall–Kier alpha value is -1.95. The SMILES string of the molecule is COc1ccc(-c2nc(C3CCCNC3)no2)cc1F. The summed E-state index contributed by atoms with van der Waals surface area (Å²) in [6.45, 7) is 1.89. The summed E-state index contributed by atoms with van der Waals surface area (Å²) in [7, 11) is 1.43. The number of halogens is 1. The monoisotopic (exact) mass is 277 g/mol. The lowest BCUT2D eigenvalue weighted by molar-refractivity contribution is 0.385. The summed E-state index contributed by atoms with van der Waals surface area (Å²) in [6, 6.07) is 4.60. The van der Waals surface area contributed by atoms with Crippen molar-refractivity contribution in [2.75, 3.05) is 20.2 Å². The van der Waals surface area contributed by atoms with E-state index >= 15 is 0 Å². The van der Waals surface area contributed by atoms with Crippen LogP contribution in [0.2, 0.25) is 0 Å². The summed E-state index contributed by atoms with van der Waals surface area (Å²) in [5, 5.41) is 7.32. The second kappa shape index (κ2) is 5.58. The first-order chi connectivity index (χ1) is 9.78. The molecule has 1 aromatic heterocycles. The largest absolute Gasteiger partial charge is 0.494 e. The molecule has 1 N–H and O–H groups in total. The number of ether oxygens (including phenoxy) is 1. The zero-order valence-electron chi connectivity index (χ0n) is 11.2. The van der Waals surface area contributed by atoms with Gasteiger partial charge in [0.1, 0.15) is 0 Å². The van der Waals surface area contributed by atoms with Crippen molar-refractivity contribution in [3.05, 3.63) is 29.8 Å². The average molecular weight is 277 g/mol. The number of benzene rings is 1. The van der Waals surface area contributed by atoms with E-state index < -0.39 is 5.82 Å². The molecule has 1 aliphatic rings. The normalized spacial score (nSPS) is 19.0. The van der Waals surface area contributed by atoms with Gasteiger partial charge in [0, 0.05) is 18.0 Å². The minimum Gasteiger partial charge on any atom is -0.494 e. The van der Waals surface area contributed by atoms with Crippen LogP contribution >= 0.6 is 0 Å². The number of methoxy groups -OCH3 is 1. The molecule has 6 heteroatoms. The van der Waals surface area contributed by atoms with Gasteiger partial charge in [0.05, 0.1) is 7.11 Å². The first-order valence-corrected chi connectivity index (χ1v) is 6.66. The molecule has 0 spiro atoms. The molecule has 1 aliphatic heterocycles. The standard InChI is InChI=1S/C14H16FN3O2/c1-19-12-5-4-9(7-11(12)15)14-17-13(18-20-14)10-3-2-6-16-8-10/h4-5,7,10,16H,2-3,6,8H2,1H3. The Morgan fingerprint density at radius 2 is 2.35 bits per heavy atom. The molecule has 1 atom stereocenters. The quantitative estimate of drug-likeness (QED) is 0.933. The van der Waals surface area contributed by atoms with Gasteiger partial charge in [-0.05, 0) is 37.6 Å². The second-order valence-corrected chi connectivity index (χ2v) is 4.85. The Morgan fingerprint density at radius 3 is 3.05 bits per heavy atom. The van der Waals surface area contributed by atoms with Gasteiger partial charge in [-0.25, -0.2) is 4.39 Å². The molecule has 1 unspecified atom stereocenters. The molecule has 0 saturated carbocycles. The van der Waals surface area contributed by atoms with Gasteiger partial charge in [0.15, 0.2) is 17.4 Å². The molecule has 1 saturated heterocycles. The van der Waals surface area contributed by atoms with E-state index in [4.69, 9.17) is 9.26 Å². The number of aromatic nitrogens is 2. The van der Waals surface area contributed by atoms with Crippen LogP contribution in [0, 0.1) is 5.82 Å². The molecule has 2 heterocycles. The smallest absolute Gasteiger partial charge is 0.258 e. The van der Waals surface area contributed by atoms with E-state index in [0.717, 1.165) is 25.9 Å². The highest BCUT2D eigenvalue weighted by Crippen LogP contribution is 2.27. The lowest BCUT2D eigenvalue weighted by Crippen LogP contribution is -2.28. The minimum atomic E-state index is -0.441. The molecule has 106 valence electrons. The van der Waals surface area contributed by atoms with Gasteiger partial charge < -0.3 is 14.6 Å². The third-order valence-corrected chi connectivity index (χ3v) is 3.50. The molecule has 3 rings (SSSR count). The van der Waals surface area contributed by atoms with Gasteiger partial charge in [-0.2, -0.15) is 4.98 Å². The van der Waals surface area contributed by atoms with Gasteiger partial charge in [-0.3, -0.25) is 0 Å². The predicted octanol–water partition coefficient (Wildman–Crippen LogP) is 2.35. The molecule has 1 fully saturated rings. The second-order valence-electron chi connectivity index (χ2n) is 4.85. The molecular formula is C14H16FN3O2. The molecule has 20 heavy (non-hydrogen) atoms. The third kappa shape index (κ3) is 2.51. The van der Waals surface area contributed by atoms with Gasteiger partial charge in [0.25, 0.3) is 5.89 Å². The number of hydrogen-bond acceptors (Lipinski definition) is 5. The van der Waals surface area contributed by atoms with Crippen molar-refractivity contribution in [2.45, 2.75) is 18.8 Å². The van der Waals surface area contributed by atoms with Crippen LogP contribution in [0.3, 0.4) is 0 Å². The first kappa shape index (κ1) is 13.1. The lowest BCUT2D eigenvalue weighted by Gasteiger charge is -2.19. The van der Waals surface area contributed by atoms with Crippen molar-refractivity contribution < 1.29 is 13.7 Å². The molecule has 0 radical (unpaired) electrons. The Morgan fingerprint density at radius 1 is 1.45 bits per heavy atom. The van der Waals surface area contributed by atoms with E-state index in [1.54, 1.807) is 12.1 Å². The fraction of sp³-hybridized carbons (Fsp3) is 0.429. The van der Waals surface area contributed by atoms with Gasteiger partial charge >= 0.3 is 0 Å². The van der Waals surface area contributed by atoms with Crippen LogP contribution in [0.1, 0.15) is 24.6 Å². The summed E-state index contributed by atoms with van der Waals surface area (Å²) in [5.74, 6) is 1.05. The zero-order chi connectivity index (χ0) is 13.9. The fourth-order valence-electron chi connectivity index (χ4n) is 2.39. The van der Waals surface area contributed by atoms with Gasteiger partial charge in [0.2, 0.25) is 0 Å². The van der Waals surface area contributed by atoms with Crippen molar-refractivity contribution in [1.29, 1.82) is 0 Å². The number of hydrogen-bond donors (Lipinski definition) is 1. The molecular weight excluding hydrogens is 261 g/mol. The number of nitrogens with zero attached hydrogens (tertiary/aromatic N) is 2. The molecule has 2 aromatic rings. The average Bonchev–Trinajstić information content (AvgIpc) is 2.98. The van der Waals surface area contributed by atoms with Gasteiger partial charge in [-0.1, -0.05) is 5.16 Å². The maximum Gasteiger partial charge on any atom is 0.258 e. The van der Waals surface area contributed by atoms with E-state index in [0.29, 0.717) is 17.3 Å². The number of rotatable bonds is 3. The van der Waals surface area contributed by atoms with E-state index in [1.807, 2.05) is 0 Å². The van der Waals surface area contributed by atoms with E-state index in [9.17, 15) is 4.39 Å². The van der Waals surface area contributed by atoms with Crippen molar-refractivity contribution in [3.8, 4) is 17.2 Å². The summed E-state index contributed by atoms with van der Waals surface area (Å²) < 4.78 is 23.8. The highest BCUT2D eigenvalue weighted by Gasteiger charge is 2.21. The van der Waals surface area contributed by atoms with E-state index in [-0.39, 0.29) is 11.7 Å². The zero-order valence-corrected chi connectivity index (χ0v) is 11.2. The summed E-state index contributed by atoms with van der Waals surface area (Å²) in [5.41, 5.74) is 0.561. The molecule has 0 amide bonds. The van der Waals surface area contributed by atoms with Crippen LogP contribution in [0.5, 0.6) is 5.75 Å². The predicted molar refractivity (Wildman–Crippen MR) is 71.1 cm³/mol. The number of piperidine rings is 1. The van der Waals surface area contributed by atoms with Crippen molar-refractivity contribution >= 4 is 0 Å². The summed E-state index contributed by atoms with van der Waals surface area (Å²) in [6.07, 6.45) is 2.15. The highest BCUT2D eigenvalue weighted by molar-refractivity contribution is 5.54. The van der Waals surface area contributed by atoms with Crippen molar-refractivity contribution in [2.24, 2.45) is 0 Å². The summed E-state index contributed by atoms with van der Waals surface area (Å²) in [4.78, 5) is 4.38. The Bertz CT molecular complexity index is 594. The van der Waals surface area contributed by atoms with E-state index in [2.05, 4.69) is 15.5 Å². The molecule has 0 bridgehead atoms. The van der Waals surface area contributed by atoms with Gasteiger partial charge in [-0.15, -0.1) is 0 Å². The Balaban J connectivity index is 1.84. The molecule has 1 aromatic carbocycles. The Kier molecular flexibility index (Phi) is 3.64. The van der Waals surface area contributed by atoms with E-state index in [1.165, 1.54) is 13.2 Å². The lowest BCUT2D eigenvalue weighted by atomic mass is 9.99. The fourth-order valence-corrected chi connectivity index (χ4v) is 2.39. The maximum absolute atomic E-state index is 13.7. The topological polar surface area (TPSA) is 60.2 Å². The number of nitrogens with one attached hydrogen (secondary N) is 1. The van der Waals surface area contributed by atoms with Crippen LogP contribution in [-0.2, 0) is 0 Å².